The van der Waals surface area contributed by atoms with Gasteiger partial charge in [-0.2, -0.15) is 0 Å². The lowest BCUT2D eigenvalue weighted by molar-refractivity contribution is -0.161. The molecular formula is C34H50O5S. The first-order valence-corrected chi connectivity index (χ1v) is 16.2. The van der Waals surface area contributed by atoms with E-state index in [1.807, 2.05) is 32.2 Å². The lowest BCUT2D eigenvalue weighted by Crippen LogP contribution is -2.37. The Morgan fingerprint density at radius 1 is 1.12 bits per heavy atom. The molecule has 0 radical (unpaired) electrons. The van der Waals surface area contributed by atoms with E-state index in [9.17, 15) is 14.7 Å². The Morgan fingerprint density at radius 3 is 2.45 bits per heavy atom. The predicted molar refractivity (Wildman–Crippen MR) is 163 cm³/mol. The quantitative estimate of drug-likeness (QED) is 0.171. The molecule has 0 aliphatic carbocycles. The number of esters is 2. The van der Waals surface area contributed by atoms with Crippen molar-refractivity contribution in [2.45, 2.75) is 136 Å². The number of thiophene rings is 1. The monoisotopic (exact) mass is 570 g/mol. The van der Waals surface area contributed by atoms with E-state index in [1.165, 1.54) is 32.1 Å². The van der Waals surface area contributed by atoms with Gasteiger partial charge in [-0.25, -0.2) is 0 Å². The third-order valence-electron chi connectivity index (χ3n) is 8.39. The second kappa shape index (κ2) is 15.2. The molecule has 1 fully saturated rings. The van der Waals surface area contributed by atoms with Gasteiger partial charge in [-0.1, -0.05) is 76.1 Å². The van der Waals surface area contributed by atoms with Crippen molar-refractivity contribution in [3.05, 3.63) is 56.8 Å². The molecule has 222 valence electrons. The Morgan fingerprint density at radius 2 is 1.82 bits per heavy atom. The fraction of sp³-hybridized carbons (Fsp3) is 0.647. The first-order chi connectivity index (χ1) is 19.1. The Bertz CT molecular complexity index is 1090. The highest BCUT2D eigenvalue weighted by atomic mass is 32.1. The third kappa shape index (κ3) is 8.66. The van der Waals surface area contributed by atoms with E-state index >= 15 is 0 Å². The SMILES string of the molecule is CCCCCCCCCC(OC(=O)C(C)(C)CC)c1cc(C)cc(C)c1C(c1cccs1)C1C[C@@H](O)CC(=O)O1. The van der Waals surface area contributed by atoms with Crippen molar-refractivity contribution in [3.63, 3.8) is 0 Å². The van der Waals surface area contributed by atoms with Crippen molar-refractivity contribution >= 4 is 23.3 Å². The number of aliphatic hydroxyl groups is 1. The Hall–Kier alpha value is -2.18. The molecule has 3 rings (SSSR count). The summed E-state index contributed by atoms with van der Waals surface area (Å²) in [5, 5.41) is 12.6. The number of hydrogen-bond acceptors (Lipinski definition) is 6. The molecule has 1 aromatic heterocycles. The van der Waals surface area contributed by atoms with Crippen molar-refractivity contribution in [3.8, 4) is 0 Å². The fourth-order valence-electron chi connectivity index (χ4n) is 5.69. The lowest BCUT2D eigenvalue weighted by atomic mass is 9.79. The lowest BCUT2D eigenvalue weighted by Gasteiger charge is -2.35. The number of rotatable bonds is 15. The predicted octanol–water partition coefficient (Wildman–Crippen LogP) is 8.72. The molecule has 40 heavy (non-hydrogen) atoms. The molecule has 0 bridgehead atoms. The van der Waals surface area contributed by atoms with Crippen LogP contribution in [0.5, 0.6) is 0 Å². The van der Waals surface area contributed by atoms with Gasteiger partial charge in [0.1, 0.15) is 12.2 Å². The molecule has 2 aromatic rings. The van der Waals surface area contributed by atoms with Crippen LogP contribution in [0.4, 0.5) is 0 Å². The van der Waals surface area contributed by atoms with Gasteiger partial charge in [0.25, 0.3) is 0 Å². The highest BCUT2D eigenvalue weighted by Gasteiger charge is 2.39. The van der Waals surface area contributed by atoms with Crippen LogP contribution in [0, 0.1) is 19.3 Å². The maximum absolute atomic E-state index is 13.4. The van der Waals surface area contributed by atoms with Gasteiger partial charge < -0.3 is 14.6 Å². The maximum atomic E-state index is 13.4. The summed E-state index contributed by atoms with van der Waals surface area (Å²) in [6.45, 7) is 12.3. The van der Waals surface area contributed by atoms with Crippen LogP contribution >= 0.6 is 11.3 Å². The second-order valence-corrected chi connectivity index (χ2v) is 13.2. The van der Waals surface area contributed by atoms with Crippen LogP contribution in [-0.2, 0) is 19.1 Å². The van der Waals surface area contributed by atoms with Crippen LogP contribution in [0.25, 0.3) is 0 Å². The van der Waals surface area contributed by atoms with Gasteiger partial charge in [0.15, 0.2) is 0 Å². The molecule has 0 spiro atoms. The van der Waals surface area contributed by atoms with E-state index in [0.29, 0.717) is 12.8 Å². The van der Waals surface area contributed by atoms with Gasteiger partial charge in [0, 0.05) is 11.3 Å². The molecule has 5 nitrogen and oxygen atoms in total. The van der Waals surface area contributed by atoms with E-state index in [0.717, 1.165) is 46.4 Å². The van der Waals surface area contributed by atoms with E-state index in [1.54, 1.807) is 11.3 Å². The Balaban J connectivity index is 2.03. The second-order valence-electron chi connectivity index (χ2n) is 12.2. The summed E-state index contributed by atoms with van der Waals surface area (Å²) in [5.74, 6) is -0.795. The van der Waals surface area contributed by atoms with E-state index in [4.69, 9.17) is 9.47 Å². The van der Waals surface area contributed by atoms with Crippen LogP contribution in [0.2, 0.25) is 0 Å². The van der Waals surface area contributed by atoms with Crippen molar-refractivity contribution < 1.29 is 24.2 Å². The minimum Gasteiger partial charge on any atom is -0.461 e. The van der Waals surface area contributed by atoms with E-state index < -0.39 is 23.7 Å². The summed E-state index contributed by atoms with van der Waals surface area (Å²) in [7, 11) is 0. The minimum absolute atomic E-state index is 0.0258. The topological polar surface area (TPSA) is 72.8 Å². The molecule has 1 saturated heterocycles. The number of hydrogen-bond donors (Lipinski definition) is 1. The average molecular weight is 571 g/mol. The summed E-state index contributed by atoms with van der Waals surface area (Å²) in [6, 6.07) is 8.40. The molecule has 0 saturated carbocycles. The highest BCUT2D eigenvalue weighted by molar-refractivity contribution is 7.10. The zero-order valence-electron chi connectivity index (χ0n) is 25.5. The molecule has 1 aliphatic heterocycles. The van der Waals surface area contributed by atoms with Crippen LogP contribution < -0.4 is 0 Å². The Labute approximate surface area is 245 Å². The van der Waals surface area contributed by atoms with Gasteiger partial charge in [-0.3, -0.25) is 9.59 Å². The summed E-state index contributed by atoms with van der Waals surface area (Å²) >= 11 is 1.63. The number of cyclic esters (lactones) is 1. The van der Waals surface area contributed by atoms with Crippen LogP contribution in [0.15, 0.2) is 29.6 Å². The zero-order valence-corrected chi connectivity index (χ0v) is 26.3. The maximum Gasteiger partial charge on any atom is 0.312 e. The average Bonchev–Trinajstić information content (AvgIpc) is 3.42. The van der Waals surface area contributed by atoms with Gasteiger partial charge in [-0.15, -0.1) is 11.3 Å². The van der Waals surface area contributed by atoms with Crippen molar-refractivity contribution in [2.24, 2.45) is 5.41 Å². The molecule has 4 atom stereocenters. The van der Waals surface area contributed by atoms with Crippen molar-refractivity contribution in [1.29, 1.82) is 0 Å². The number of benzene rings is 1. The minimum atomic E-state index is -0.727. The van der Waals surface area contributed by atoms with Crippen LogP contribution in [0.3, 0.4) is 0 Å². The number of ether oxygens (including phenoxy) is 2. The molecule has 1 aliphatic rings. The Kier molecular flexibility index (Phi) is 12.3. The highest BCUT2D eigenvalue weighted by Crippen LogP contribution is 2.44. The normalized spacial score (nSPS) is 19.2. The third-order valence-corrected chi connectivity index (χ3v) is 9.34. The summed E-state index contributed by atoms with van der Waals surface area (Å²) in [6.07, 6.45) is 8.55. The van der Waals surface area contributed by atoms with Crippen molar-refractivity contribution in [2.75, 3.05) is 0 Å². The molecule has 1 aromatic carbocycles. The van der Waals surface area contributed by atoms with E-state index in [2.05, 4.69) is 39.0 Å². The largest absolute Gasteiger partial charge is 0.461 e. The van der Waals surface area contributed by atoms with Gasteiger partial charge in [0.05, 0.1) is 23.9 Å². The van der Waals surface area contributed by atoms with Gasteiger partial charge in [-0.05, 0) is 75.1 Å². The standard InChI is InChI=1S/C34H50O5S/c1-7-9-10-11-12-13-14-16-27(39-33(37)34(5,6)8-2)26-20-23(3)19-24(4)31(26)32(29-17-15-18-40-29)28-21-25(35)22-30(36)38-28/h15,17-20,25,27-28,32,35H,7-14,16,21-22H2,1-6H3/t25-,27?,28?,32?/m1/s1. The molecular weight excluding hydrogens is 520 g/mol. The van der Waals surface area contributed by atoms with Crippen LogP contribution in [0.1, 0.15) is 137 Å². The first kappa shape index (κ1) is 32.3. The molecule has 0 amide bonds. The number of unbranched alkanes of at least 4 members (excludes halogenated alkanes) is 6. The van der Waals surface area contributed by atoms with E-state index in [-0.39, 0.29) is 24.3 Å². The smallest absolute Gasteiger partial charge is 0.312 e. The molecule has 3 unspecified atom stereocenters. The number of carbonyl (C=O) groups is 2. The number of carbonyl (C=O) groups excluding carboxylic acids is 2. The van der Waals surface area contributed by atoms with Gasteiger partial charge in [0.2, 0.25) is 0 Å². The van der Waals surface area contributed by atoms with Crippen molar-refractivity contribution in [1.82, 2.24) is 0 Å². The van der Waals surface area contributed by atoms with Crippen LogP contribution in [-0.4, -0.2) is 29.3 Å². The number of aryl methyl sites for hydroxylation is 2. The first-order valence-electron chi connectivity index (χ1n) is 15.3. The molecule has 6 heteroatoms. The summed E-state index contributed by atoms with van der Waals surface area (Å²) in [5.41, 5.74) is 3.67. The number of aliphatic hydroxyl groups excluding tert-OH is 1. The zero-order chi connectivity index (χ0) is 29.3. The summed E-state index contributed by atoms with van der Waals surface area (Å²) in [4.78, 5) is 27.0. The summed E-state index contributed by atoms with van der Waals surface area (Å²) < 4.78 is 12.3. The molecule has 2 heterocycles. The van der Waals surface area contributed by atoms with Gasteiger partial charge >= 0.3 is 11.9 Å². The molecule has 1 N–H and O–H groups in total. The fourth-order valence-corrected chi connectivity index (χ4v) is 6.58.